The minimum absolute atomic E-state index is 0.284. The van der Waals surface area contributed by atoms with E-state index in [9.17, 15) is 8.42 Å². The molecule has 3 aromatic rings. The summed E-state index contributed by atoms with van der Waals surface area (Å²) in [6.07, 6.45) is 3.14. The van der Waals surface area contributed by atoms with E-state index in [1.54, 1.807) is 26.2 Å². The van der Waals surface area contributed by atoms with E-state index in [1.807, 2.05) is 6.07 Å². The Bertz CT molecular complexity index is 1130. The van der Waals surface area contributed by atoms with Crippen LogP contribution in [0, 0.1) is 0 Å². The fraction of sp³-hybridized carbons (Fsp3) is 0.476. The van der Waals surface area contributed by atoms with Crippen LogP contribution in [0.1, 0.15) is 37.8 Å². The number of imidazole rings is 1. The molecule has 1 atom stereocenters. The molecule has 0 radical (unpaired) electrons. The van der Waals surface area contributed by atoms with Crippen LogP contribution in [0.5, 0.6) is 0 Å². The summed E-state index contributed by atoms with van der Waals surface area (Å²) in [4.78, 5) is 7.60. The van der Waals surface area contributed by atoms with Gasteiger partial charge in [0.05, 0.1) is 22.5 Å². The van der Waals surface area contributed by atoms with Gasteiger partial charge in [0.25, 0.3) is 0 Å². The van der Waals surface area contributed by atoms with Gasteiger partial charge >= 0.3 is 0 Å². The van der Waals surface area contributed by atoms with Crippen molar-refractivity contribution < 1.29 is 8.42 Å². The van der Waals surface area contributed by atoms with Crippen LogP contribution in [0.3, 0.4) is 0 Å². The summed E-state index contributed by atoms with van der Waals surface area (Å²) in [7, 11) is -0.377. The molecule has 0 saturated carbocycles. The summed E-state index contributed by atoms with van der Waals surface area (Å²) in [5.41, 5.74) is 3.06. The molecule has 156 valence electrons. The lowest BCUT2D eigenvalue weighted by Gasteiger charge is -2.34. The molecular formula is C21H29N5O2S. The van der Waals surface area contributed by atoms with Gasteiger partial charge in [0.1, 0.15) is 5.82 Å². The molecule has 1 aromatic carbocycles. The highest BCUT2D eigenvalue weighted by atomic mass is 32.2. The molecule has 2 aromatic heterocycles. The van der Waals surface area contributed by atoms with Crippen molar-refractivity contribution in [2.75, 3.05) is 20.6 Å². The van der Waals surface area contributed by atoms with Crippen LogP contribution in [0.2, 0.25) is 0 Å². The lowest BCUT2D eigenvalue weighted by molar-refractivity contribution is 0.155. The molecule has 1 aliphatic heterocycles. The Kier molecular flexibility index (Phi) is 5.27. The number of aryl methyl sites for hydroxylation is 1. The summed E-state index contributed by atoms with van der Waals surface area (Å²) in [5, 5.41) is 0. The van der Waals surface area contributed by atoms with E-state index in [-0.39, 0.29) is 4.90 Å². The molecule has 0 spiro atoms. The maximum atomic E-state index is 12.5. The second-order valence-corrected chi connectivity index (χ2v) is 10.0. The SMILES string of the molecule is CCCn1c(CN2CCn3cccc3[C@@H]2C)nc2cc(S(=O)(=O)N(C)C)ccc21. The van der Waals surface area contributed by atoms with Crippen LogP contribution in [-0.4, -0.2) is 52.4 Å². The topological polar surface area (TPSA) is 63.4 Å². The molecule has 0 bridgehead atoms. The summed E-state index contributed by atoms with van der Waals surface area (Å²) in [5.74, 6) is 0.994. The normalized spacial score (nSPS) is 17.9. The predicted octanol–water partition coefficient (Wildman–Crippen LogP) is 3.07. The van der Waals surface area contributed by atoms with Gasteiger partial charge in [0, 0.05) is 51.7 Å². The highest BCUT2D eigenvalue weighted by Crippen LogP contribution is 2.28. The second-order valence-electron chi connectivity index (χ2n) is 7.89. The minimum atomic E-state index is -3.48. The van der Waals surface area contributed by atoms with Gasteiger partial charge in [-0.15, -0.1) is 0 Å². The molecule has 0 N–H and O–H groups in total. The number of hydrogen-bond donors (Lipinski definition) is 0. The zero-order valence-electron chi connectivity index (χ0n) is 17.5. The predicted molar refractivity (Wildman–Crippen MR) is 114 cm³/mol. The molecule has 0 amide bonds. The number of rotatable bonds is 6. The molecule has 1 aliphatic rings. The molecule has 8 heteroatoms. The van der Waals surface area contributed by atoms with Crippen LogP contribution in [0.15, 0.2) is 41.4 Å². The monoisotopic (exact) mass is 415 g/mol. The smallest absolute Gasteiger partial charge is 0.242 e. The average molecular weight is 416 g/mol. The van der Waals surface area contributed by atoms with Gasteiger partial charge in [-0.05, 0) is 43.7 Å². The van der Waals surface area contributed by atoms with Crippen molar-refractivity contribution >= 4 is 21.1 Å². The number of benzene rings is 1. The molecule has 7 nitrogen and oxygen atoms in total. The van der Waals surface area contributed by atoms with Crippen LogP contribution in [0.25, 0.3) is 11.0 Å². The van der Waals surface area contributed by atoms with E-state index in [0.717, 1.165) is 49.5 Å². The lowest BCUT2D eigenvalue weighted by Crippen LogP contribution is -2.36. The molecule has 0 fully saturated rings. The van der Waals surface area contributed by atoms with Gasteiger partial charge in [0.15, 0.2) is 0 Å². The Morgan fingerprint density at radius 2 is 2.00 bits per heavy atom. The Labute approximate surface area is 172 Å². The van der Waals surface area contributed by atoms with Gasteiger partial charge in [-0.25, -0.2) is 17.7 Å². The first-order valence-electron chi connectivity index (χ1n) is 10.1. The van der Waals surface area contributed by atoms with E-state index in [4.69, 9.17) is 4.98 Å². The molecule has 29 heavy (non-hydrogen) atoms. The van der Waals surface area contributed by atoms with Gasteiger partial charge in [-0.3, -0.25) is 4.90 Å². The molecule has 0 aliphatic carbocycles. The zero-order chi connectivity index (χ0) is 20.8. The molecular weight excluding hydrogens is 386 g/mol. The fourth-order valence-corrected chi connectivity index (χ4v) is 5.07. The number of fused-ring (bicyclic) bond motifs is 2. The molecule has 4 rings (SSSR count). The van der Waals surface area contributed by atoms with Crippen molar-refractivity contribution in [3.05, 3.63) is 48.0 Å². The first kappa shape index (κ1) is 20.1. The van der Waals surface area contributed by atoms with E-state index in [2.05, 4.69) is 46.2 Å². The van der Waals surface area contributed by atoms with E-state index in [0.29, 0.717) is 6.04 Å². The number of nitrogens with zero attached hydrogens (tertiary/aromatic N) is 5. The summed E-state index contributed by atoms with van der Waals surface area (Å²) in [6.45, 7) is 7.95. The third-order valence-corrected chi connectivity index (χ3v) is 7.65. The fourth-order valence-electron chi connectivity index (χ4n) is 4.15. The second kappa shape index (κ2) is 7.59. The number of sulfonamides is 1. The van der Waals surface area contributed by atoms with Crippen LogP contribution in [-0.2, 0) is 29.7 Å². The van der Waals surface area contributed by atoms with Crippen molar-refractivity contribution in [3.63, 3.8) is 0 Å². The third-order valence-electron chi connectivity index (χ3n) is 5.84. The molecule has 3 heterocycles. The van der Waals surface area contributed by atoms with E-state index in [1.165, 1.54) is 10.00 Å². The Hall–Kier alpha value is -2.16. The van der Waals surface area contributed by atoms with Gasteiger partial charge in [-0.1, -0.05) is 6.92 Å². The highest BCUT2D eigenvalue weighted by Gasteiger charge is 2.26. The van der Waals surface area contributed by atoms with Crippen LogP contribution >= 0.6 is 0 Å². The van der Waals surface area contributed by atoms with Gasteiger partial charge in [0.2, 0.25) is 10.0 Å². The van der Waals surface area contributed by atoms with Crippen molar-refractivity contribution in [3.8, 4) is 0 Å². The summed E-state index contributed by atoms with van der Waals surface area (Å²) in [6, 6.07) is 9.89. The number of hydrogen-bond acceptors (Lipinski definition) is 4. The summed E-state index contributed by atoms with van der Waals surface area (Å²) >= 11 is 0. The van der Waals surface area contributed by atoms with E-state index < -0.39 is 10.0 Å². The van der Waals surface area contributed by atoms with E-state index >= 15 is 0 Å². The Balaban J connectivity index is 1.71. The van der Waals surface area contributed by atoms with Crippen LogP contribution in [0.4, 0.5) is 0 Å². The average Bonchev–Trinajstić information content (AvgIpc) is 3.29. The third kappa shape index (κ3) is 3.49. The lowest BCUT2D eigenvalue weighted by atomic mass is 10.1. The van der Waals surface area contributed by atoms with Crippen LogP contribution < -0.4 is 0 Å². The maximum Gasteiger partial charge on any atom is 0.242 e. The van der Waals surface area contributed by atoms with Crippen molar-refractivity contribution in [1.29, 1.82) is 0 Å². The first-order valence-corrected chi connectivity index (χ1v) is 11.6. The highest BCUT2D eigenvalue weighted by molar-refractivity contribution is 7.89. The minimum Gasteiger partial charge on any atom is -0.349 e. The summed E-state index contributed by atoms with van der Waals surface area (Å²) < 4.78 is 30.8. The van der Waals surface area contributed by atoms with Crippen molar-refractivity contribution in [2.24, 2.45) is 0 Å². The Morgan fingerprint density at radius 1 is 1.21 bits per heavy atom. The molecule has 0 unspecified atom stereocenters. The molecule has 0 saturated heterocycles. The van der Waals surface area contributed by atoms with Crippen molar-refractivity contribution in [1.82, 2.24) is 23.3 Å². The Morgan fingerprint density at radius 3 is 2.72 bits per heavy atom. The zero-order valence-corrected chi connectivity index (χ0v) is 18.4. The number of aromatic nitrogens is 3. The van der Waals surface area contributed by atoms with Crippen molar-refractivity contribution in [2.45, 2.75) is 50.8 Å². The largest absolute Gasteiger partial charge is 0.349 e. The van der Waals surface area contributed by atoms with Gasteiger partial charge in [-0.2, -0.15) is 0 Å². The van der Waals surface area contributed by atoms with Gasteiger partial charge < -0.3 is 9.13 Å². The first-order chi connectivity index (χ1) is 13.8. The maximum absolute atomic E-state index is 12.5. The quantitative estimate of drug-likeness (QED) is 0.621. The standard InChI is InChI=1S/C21H29N5O2S/c1-5-10-26-20-9-8-17(29(27,28)23(3)4)14-18(20)22-21(26)15-25-13-12-24-11-6-7-19(24)16(25)2/h6-9,11,14,16H,5,10,12-13,15H2,1-4H3/t16-/m0/s1.